The van der Waals surface area contributed by atoms with E-state index in [1.54, 1.807) is 18.4 Å². The van der Waals surface area contributed by atoms with E-state index in [0.717, 1.165) is 34.9 Å². The monoisotopic (exact) mass is 395 g/mol. The van der Waals surface area contributed by atoms with Gasteiger partial charge in [-0.25, -0.2) is 4.98 Å². The molecule has 27 heavy (non-hydrogen) atoms. The van der Waals surface area contributed by atoms with E-state index in [-0.39, 0.29) is 5.91 Å². The van der Waals surface area contributed by atoms with Crippen molar-refractivity contribution in [3.63, 3.8) is 0 Å². The Bertz CT molecular complexity index is 1140. The van der Waals surface area contributed by atoms with Gasteiger partial charge in [0.1, 0.15) is 11.4 Å². The predicted octanol–water partition coefficient (Wildman–Crippen LogP) is 4.33. The fraction of sp³-hybridized carbons (Fsp3) is 0.200. The van der Waals surface area contributed by atoms with Gasteiger partial charge in [-0.15, -0.1) is 22.7 Å². The Kier molecular flexibility index (Phi) is 3.98. The fourth-order valence-electron chi connectivity index (χ4n) is 3.51. The molecule has 5 nitrogen and oxygen atoms in total. The summed E-state index contributed by atoms with van der Waals surface area (Å²) in [7, 11) is 1.65. The molecule has 1 aromatic carbocycles. The third kappa shape index (κ3) is 2.74. The van der Waals surface area contributed by atoms with Crippen LogP contribution in [-0.4, -0.2) is 33.8 Å². The third-order valence-electron chi connectivity index (χ3n) is 4.91. The summed E-state index contributed by atoms with van der Waals surface area (Å²) in [6.07, 6.45) is 2.86. The van der Waals surface area contributed by atoms with Crippen LogP contribution in [0.2, 0.25) is 0 Å². The van der Waals surface area contributed by atoms with E-state index < -0.39 is 0 Å². The Labute approximate surface area is 164 Å². The Morgan fingerprint density at radius 3 is 3.00 bits per heavy atom. The second-order valence-corrected chi connectivity index (χ2v) is 8.28. The lowest BCUT2D eigenvalue weighted by molar-refractivity contribution is 0.0729. The number of aromatic nitrogens is 2. The van der Waals surface area contributed by atoms with Gasteiger partial charge in [-0.1, -0.05) is 12.1 Å². The highest BCUT2D eigenvalue weighted by Crippen LogP contribution is 2.31. The summed E-state index contributed by atoms with van der Waals surface area (Å²) >= 11 is 3.27. The zero-order chi connectivity index (χ0) is 18.4. The van der Waals surface area contributed by atoms with E-state index in [1.165, 1.54) is 21.8 Å². The van der Waals surface area contributed by atoms with Gasteiger partial charge >= 0.3 is 0 Å². The molecular weight excluding hydrogens is 378 g/mol. The van der Waals surface area contributed by atoms with E-state index in [9.17, 15) is 4.79 Å². The highest BCUT2D eigenvalue weighted by molar-refractivity contribution is 7.15. The van der Waals surface area contributed by atoms with Gasteiger partial charge < -0.3 is 9.64 Å². The molecule has 1 amide bonds. The number of imidazole rings is 1. The number of nitrogens with zero attached hydrogens (tertiary/aromatic N) is 3. The SMILES string of the molecule is COc1ccccc1-c1cn2c(C(=O)N3CCc4sccc4C3)csc2n1. The maximum absolute atomic E-state index is 13.1. The molecule has 0 radical (unpaired) electrons. The Morgan fingerprint density at radius 1 is 1.22 bits per heavy atom. The van der Waals surface area contributed by atoms with E-state index >= 15 is 0 Å². The highest BCUT2D eigenvalue weighted by atomic mass is 32.1. The van der Waals surface area contributed by atoms with Crippen LogP contribution in [0.4, 0.5) is 0 Å². The molecule has 3 aromatic heterocycles. The maximum Gasteiger partial charge on any atom is 0.272 e. The van der Waals surface area contributed by atoms with E-state index in [0.29, 0.717) is 12.2 Å². The molecule has 0 fully saturated rings. The molecule has 7 heteroatoms. The predicted molar refractivity (Wildman–Crippen MR) is 108 cm³/mol. The minimum Gasteiger partial charge on any atom is -0.496 e. The van der Waals surface area contributed by atoms with Crippen molar-refractivity contribution >= 4 is 33.5 Å². The molecule has 1 aliphatic heterocycles. The van der Waals surface area contributed by atoms with Gasteiger partial charge in [0.15, 0.2) is 4.96 Å². The summed E-state index contributed by atoms with van der Waals surface area (Å²) < 4.78 is 7.35. The maximum atomic E-state index is 13.1. The summed E-state index contributed by atoms with van der Waals surface area (Å²) in [6, 6.07) is 9.92. The van der Waals surface area contributed by atoms with Crippen molar-refractivity contribution in [2.24, 2.45) is 0 Å². The molecule has 0 atom stereocenters. The van der Waals surface area contributed by atoms with Gasteiger partial charge in [-0.3, -0.25) is 9.20 Å². The van der Waals surface area contributed by atoms with Crippen molar-refractivity contribution < 1.29 is 9.53 Å². The number of para-hydroxylation sites is 1. The topological polar surface area (TPSA) is 46.8 Å². The van der Waals surface area contributed by atoms with E-state index in [1.807, 2.05) is 45.1 Å². The molecule has 0 aliphatic carbocycles. The minimum atomic E-state index is 0.0575. The summed E-state index contributed by atoms with van der Waals surface area (Å²) in [4.78, 5) is 22.0. The van der Waals surface area contributed by atoms with Gasteiger partial charge in [0.25, 0.3) is 5.91 Å². The van der Waals surface area contributed by atoms with E-state index in [2.05, 4.69) is 11.4 Å². The quantitative estimate of drug-likeness (QED) is 0.519. The van der Waals surface area contributed by atoms with Gasteiger partial charge in [-0.05, 0) is 35.6 Å². The van der Waals surface area contributed by atoms with Crippen molar-refractivity contribution in [3.8, 4) is 17.0 Å². The molecule has 0 spiro atoms. The molecule has 0 bridgehead atoms. The summed E-state index contributed by atoms with van der Waals surface area (Å²) in [5, 5.41) is 4.01. The average molecular weight is 396 g/mol. The number of thiophene rings is 1. The Balaban J connectivity index is 1.50. The van der Waals surface area contributed by atoms with Crippen LogP contribution in [0.3, 0.4) is 0 Å². The minimum absolute atomic E-state index is 0.0575. The number of hydrogen-bond acceptors (Lipinski definition) is 5. The Hall–Kier alpha value is -2.64. The number of carbonyl (C=O) groups excluding carboxylic acids is 1. The number of amides is 1. The lowest BCUT2D eigenvalue weighted by atomic mass is 10.1. The van der Waals surface area contributed by atoms with Crippen LogP contribution in [0.15, 0.2) is 47.3 Å². The number of fused-ring (bicyclic) bond motifs is 2. The van der Waals surface area contributed by atoms with Crippen LogP contribution in [-0.2, 0) is 13.0 Å². The fourth-order valence-corrected chi connectivity index (χ4v) is 5.24. The molecule has 4 aromatic rings. The van der Waals surface area contributed by atoms with Gasteiger partial charge in [-0.2, -0.15) is 0 Å². The molecule has 136 valence electrons. The highest BCUT2D eigenvalue weighted by Gasteiger charge is 2.25. The number of carbonyl (C=O) groups is 1. The Morgan fingerprint density at radius 2 is 2.11 bits per heavy atom. The first-order valence-corrected chi connectivity index (χ1v) is 10.4. The first-order chi connectivity index (χ1) is 13.2. The molecule has 0 saturated carbocycles. The summed E-state index contributed by atoms with van der Waals surface area (Å²) in [5.41, 5.74) is 3.68. The van der Waals surface area contributed by atoms with Crippen molar-refractivity contribution in [2.45, 2.75) is 13.0 Å². The zero-order valence-electron chi connectivity index (χ0n) is 14.7. The largest absolute Gasteiger partial charge is 0.496 e. The number of rotatable bonds is 3. The normalized spacial score (nSPS) is 13.7. The molecular formula is C20H17N3O2S2. The van der Waals surface area contributed by atoms with Crippen LogP contribution in [0.5, 0.6) is 5.75 Å². The van der Waals surface area contributed by atoms with Crippen molar-refractivity contribution in [3.05, 3.63) is 63.4 Å². The number of ether oxygens (including phenoxy) is 1. The van der Waals surface area contributed by atoms with Crippen LogP contribution in [0.25, 0.3) is 16.2 Å². The second-order valence-electron chi connectivity index (χ2n) is 6.45. The lowest BCUT2D eigenvalue weighted by Crippen LogP contribution is -2.35. The molecule has 5 rings (SSSR count). The van der Waals surface area contributed by atoms with Crippen LogP contribution < -0.4 is 4.74 Å². The smallest absolute Gasteiger partial charge is 0.272 e. The lowest BCUT2D eigenvalue weighted by Gasteiger charge is -2.26. The average Bonchev–Trinajstić information content (AvgIpc) is 3.42. The van der Waals surface area contributed by atoms with E-state index in [4.69, 9.17) is 9.72 Å². The standard InChI is InChI=1S/C20H17N3O2S2/c1-25-17-5-3-2-4-14(17)15-11-23-16(12-27-20(23)21-15)19(24)22-8-6-18-13(10-22)7-9-26-18/h2-5,7,9,11-12H,6,8,10H2,1H3. The van der Waals surface area contributed by atoms with Crippen LogP contribution in [0, 0.1) is 0 Å². The first-order valence-electron chi connectivity index (χ1n) is 8.69. The summed E-state index contributed by atoms with van der Waals surface area (Å²) in [6.45, 7) is 1.45. The molecule has 1 aliphatic rings. The van der Waals surface area contributed by atoms with Crippen molar-refractivity contribution in [1.82, 2.24) is 14.3 Å². The number of hydrogen-bond donors (Lipinski definition) is 0. The number of benzene rings is 1. The molecule has 4 heterocycles. The number of methoxy groups -OCH3 is 1. The third-order valence-corrected chi connectivity index (χ3v) is 6.77. The van der Waals surface area contributed by atoms with Crippen LogP contribution >= 0.6 is 22.7 Å². The summed E-state index contributed by atoms with van der Waals surface area (Å²) in [5.74, 6) is 0.833. The molecule has 0 N–H and O–H groups in total. The molecule has 0 unspecified atom stereocenters. The van der Waals surface area contributed by atoms with Gasteiger partial charge in [0, 0.05) is 35.1 Å². The zero-order valence-corrected chi connectivity index (χ0v) is 16.3. The second kappa shape index (κ2) is 6.51. The van der Waals surface area contributed by atoms with Gasteiger partial charge in [0.05, 0.1) is 12.8 Å². The van der Waals surface area contributed by atoms with Crippen molar-refractivity contribution in [2.75, 3.05) is 13.7 Å². The molecule has 0 saturated heterocycles. The van der Waals surface area contributed by atoms with Gasteiger partial charge in [0.2, 0.25) is 0 Å². The first kappa shape index (κ1) is 16.5. The van der Waals surface area contributed by atoms with Crippen molar-refractivity contribution in [1.29, 1.82) is 0 Å². The van der Waals surface area contributed by atoms with Crippen LogP contribution in [0.1, 0.15) is 20.9 Å². The number of thiazole rings is 1.